The molecule has 1 aliphatic heterocycles. The summed E-state index contributed by atoms with van der Waals surface area (Å²) in [4.78, 5) is 17.1. The van der Waals surface area contributed by atoms with Crippen LogP contribution in [0.15, 0.2) is 64.1 Å². The van der Waals surface area contributed by atoms with E-state index in [0.717, 1.165) is 58.9 Å². The molecule has 0 radical (unpaired) electrons. The molecule has 0 unspecified atom stereocenters. The van der Waals surface area contributed by atoms with Crippen LogP contribution in [0, 0.1) is 5.92 Å². The molecule has 2 aliphatic rings. The van der Waals surface area contributed by atoms with Crippen LogP contribution >= 0.6 is 0 Å². The largest absolute Gasteiger partial charge is 0.462 e. The molecular formula is C24H25N3O2. The standard InChI is InChI=1S/C24H25N3O2/c1-16-12-21(10-11-25-16)29-20-5-3-4-18(13-20)19-8-9-22-23(14-19)26(2)24(28)27(22)15-17-6-7-17/h3-5,8-9,12-14,17H,6-7,10-11,15H2,1-2H3. The second-order valence-electron chi connectivity index (χ2n) is 8.11. The highest BCUT2D eigenvalue weighted by atomic mass is 16.5. The van der Waals surface area contributed by atoms with E-state index in [9.17, 15) is 4.79 Å². The average Bonchev–Trinajstić information content (AvgIpc) is 3.51. The van der Waals surface area contributed by atoms with Crippen LogP contribution in [0.1, 0.15) is 26.2 Å². The smallest absolute Gasteiger partial charge is 0.328 e. The van der Waals surface area contributed by atoms with Crippen LogP contribution in [0.3, 0.4) is 0 Å². The molecule has 5 heteroatoms. The zero-order valence-electron chi connectivity index (χ0n) is 16.9. The van der Waals surface area contributed by atoms with E-state index >= 15 is 0 Å². The fraction of sp³-hybridized carbons (Fsp3) is 0.333. The molecule has 5 nitrogen and oxygen atoms in total. The van der Waals surface area contributed by atoms with Crippen LogP contribution in [0.25, 0.3) is 22.2 Å². The van der Waals surface area contributed by atoms with Crippen molar-refractivity contribution in [1.82, 2.24) is 9.13 Å². The second-order valence-corrected chi connectivity index (χ2v) is 8.11. The van der Waals surface area contributed by atoms with Crippen LogP contribution in [0.2, 0.25) is 0 Å². The number of imidazole rings is 1. The molecule has 1 saturated carbocycles. The van der Waals surface area contributed by atoms with Gasteiger partial charge in [-0.25, -0.2) is 4.79 Å². The first-order valence-electron chi connectivity index (χ1n) is 10.3. The summed E-state index contributed by atoms with van der Waals surface area (Å²) >= 11 is 0. The molecule has 1 fully saturated rings. The van der Waals surface area contributed by atoms with Gasteiger partial charge < -0.3 is 4.74 Å². The van der Waals surface area contributed by atoms with Gasteiger partial charge in [0, 0.05) is 32.3 Å². The molecule has 1 aromatic heterocycles. The average molecular weight is 387 g/mol. The number of benzene rings is 2. The highest BCUT2D eigenvalue weighted by molar-refractivity contribution is 5.93. The summed E-state index contributed by atoms with van der Waals surface area (Å²) in [6, 6.07) is 14.4. The normalized spacial score (nSPS) is 16.6. The van der Waals surface area contributed by atoms with Gasteiger partial charge in [0.15, 0.2) is 0 Å². The number of ether oxygens (including phenoxy) is 1. The molecule has 1 aliphatic carbocycles. The van der Waals surface area contributed by atoms with Crippen LogP contribution in [0.5, 0.6) is 5.75 Å². The molecule has 5 rings (SSSR count). The van der Waals surface area contributed by atoms with Crippen LogP contribution in [-0.2, 0) is 13.6 Å². The molecule has 29 heavy (non-hydrogen) atoms. The first-order chi connectivity index (χ1) is 14.1. The number of hydrogen-bond acceptors (Lipinski definition) is 3. The topological polar surface area (TPSA) is 48.5 Å². The number of fused-ring (bicyclic) bond motifs is 1. The van der Waals surface area contributed by atoms with Crippen LogP contribution in [-0.4, -0.2) is 21.4 Å². The maximum absolute atomic E-state index is 12.7. The van der Waals surface area contributed by atoms with E-state index in [2.05, 4.69) is 35.3 Å². The monoisotopic (exact) mass is 387 g/mol. The van der Waals surface area contributed by atoms with Crippen molar-refractivity contribution in [3.8, 4) is 16.9 Å². The molecule has 3 aromatic rings. The summed E-state index contributed by atoms with van der Waals surface area (Å²) in [7, 11) is 1.86. The zero-order valence-corrected chi connectivity index (χ0v) is 16.9. The third-order valence-corrected chi connectivity index (χ3v) is 5.79. The Morgan fingerprint density at radius 2 is 1.93 bits per heavy atom. The number of aromatic nitrogens is 2. The van der Waals surface area contributed by atoms with Crippen molar-refractivity contribution in [1.29, 1.82) is 0 Å². The Morgan fingerprint density at radius 1 is 1.10 bits per heavy atom. The molecular weight excluding hydrogens is 362 g/mol. The van der Waals surface area contributed by atoms with Crippen molar-refractivity contribution < 1.29 is 4.74 Å². The van der Waals surface area contributed by atoms with Gasteiger partial charge >= 0.3 is 5.69 Å². The van der Waals surface area contributed by atoms with Gasteiger partial charge in [-0.3, -0.25) is 14.1 Å². The van der Waals surface area contributed by atoms with E-state index in [0.29, 0.717) is 5.92 Å². The summed E-state index contributed by atoms with van der Waals surface area (Å²) in [5.41, 5.74) is 5.22. The highest BCUT2D eigenvalue weighted by Gasteiger charge is 2.24. The van der Waals surface area contributed by atoms with Crippen LogP contribution < -0.4 is 10.4 Å². The quantitative estimate of drug-likeness (QED) is 0.645. The number of dihydropyridines is 1. The van der Waals surface area contributed by atoms with Gasteiger partial charge in [0.05, 0.1) is 11.0 Å². The number of aliphatic imine (C=N–C) groups is 1. The summed E-state index contributed by atoms with van der Waals surface area (Å²) in [5, 5.41) is 0. The van der Waals surface area contributed by atoms with Crippen molar-refractivity contribution in [2.75, 3.05) is 6.54 Å². The summed E-state index contributed by atoms with van der Waals surface area (Å²) in [5.74, 6) is 2.43. The number of aryl methyl sites for hydroxylation is 1. The number of rotatable bonds is 5. The molecule has 0 amide bonds. The Labute approximate surface area is 170 Å². The molecule has 0 spiro atoms. The first kappa shape index (κ1) is 18.0. The van der Waals surface area contributed by atoms with Crippen molar-refractivity contribution in [2.45, 2.75) is 32.7 Å². The van der Waals surface area contributed by atoms with Gasteiger partial charge in [-0.05, 0) is 67.2 Å². The van der Waals surface area contributed by atoms with Gasteiger partial charge in [0.1, 0.15) is 11.5 Å². The van der Waals surface area contributed by atoms with E-state index in [1.807, 2.05) is 36.7 Å². The molecule has 2 aromatic carbocycles. The predicted molar refractivity (Wildman–Crippen MR) is 117 cm³/mol. The molecule has 0 saturated heterocycles. The Balaban J connectivity index is 1.48. The Hall–Kier alpha value is -3.08. The molecule has 2 heterocycles. The van der Waals surface area contributed by atoms with E-state index in [1.165, 1.54) is 12.8 Å². The number of allylic oxidation sites excluding steroid dienone is 1. The molecule has 0 atom stereocenters. The second kappa shape index (κ2) is 7.07. The Kier molecular flexibility index (Phi) is 4.38. The fourth-order valence-electron chi connectivity index (χ4n) is 3.99. The third-order valence-electron chi connectivity index (χ3n) is 5.79. The third kappa shape index (κ3) is 3.53. The van der Waals surface area contributed by atoms with Gasteiger partial charge in [-0.1, -0.05) is 18.2 Å². The van der Waals surface area contributed by atoms with E-state index in [4.69, 9.17) is 4.74 Å². The minimum atomic E-state index is 0.0717. The van der Waals surface area contributed by atoms with Gasteiger partial charge in [-0.15, -0.1) is 0 Å². The van der Waals surface area contributed by atoms with E-state index in [-0.39, 0.29) is 5.69 Å². The molecule has 0 bridgehead atoms. The zero-order chi connectivity index (χ0) is 20.0. The Morgan fingerprint density at radius 3 is 2.72 bits per heavy atom. The maximum atomic E-state index is 12.7. The number of hydrogen-bond donors (Lipinski definition) is 0. The summed E-state index contributed by atoms with van der Waals surface area (Å²) < 4.78 is 9.78. The summed E-state index contributed by atoms with van der Waals surface area (Å²) in [6.07, 6.45) is 5.29. The predicted octanol–water partition coefficient (Wildman–Crippen LogP) is 4.54. The van der Waals surface area contributed by atoms with Gasteiger partial charge in [0.2, 0.25) is 0 Å². The van der Waals surface area contributed by atoms with Crippen LogP contribution in [0.4, 0.5) is 0 Å². The van der Waals surface area contributed by atoms with Crippen molar-refractivity contribution >= 4 is 16.7 Å². The lowest BCUT2D eigenvalue weighted by atomic mass is 10.0. The molecule has 148 valence electrons. The van der Waals surface area contributed by atoms with Crippen molar-refractivity contribution in [3.63, 3.8) is 0 Å². The lowest BCUT2D eigenvalue weighted by Crippen LogP contribution is -2.22. The SMILES string of the molecule is CC1=NCCC(Oc2cccc(-c3ccc4c(c3)n(C)c(=O)n4CC3CC3)c2)=C1. The Bertz CT molecular complexity index is 1210. The van der Waals surface area contributed by atoms with E-state index < -0.39 is 0 Å². The van der Waals surface area contributed by atoms with Gasteiger partial charge in [0.25, 0.3) is 0 Å². The lowest BCUT2D eigenvalue weighted by Gasteiger charge is -2.14. The van der Waals surface area contributed by atoms with Gasteiger partial charge in [-0.2, -0.15) is 0 Å². The first-order valence-corrected chi connectivity index (χ1v) is 10.3. The van der Waals surface area contributed by atoms with Crippen molar-refractivity contribution in [2.24, 2.45) is 18.0 Å². The summed E-state index contributed by atoms with van der Waals surface area (Å²) in [6.45, 7) is 3.60. The lowest BCUT2D eigenvalue weighted by molar-refractivity contribution is 0.404. The minimum Gasteiger partial charge on any atom is -0.462 e. The fourth-order valence-corrected chi connectivity index (χ4v) is 3.99. The minimum absolute atomic E-state index is 0.0717. The molecule has 0 N–H and O–H groups in total. The highest BCUT2D eigenvalue weighted by Crippen LogP contribution is 2.32. The van der Waals surface area contributed by atoms with E-state index in [1.54, 1.807) is 4.57 Å². The maximum Gasteiger partial charge on any atom is 0.328 e. The van der Waals surface area contributed by atoms with Crippen molar-refractivity contribution in [3.05, 3.63) is 64.8 Å². The number of nitrogens with zero attached hydrogens (tertiary/aromatic N) is 3.